The summed E-state index contributed by atoms with van der Waals surface area (Å²) in [7, 11) is 0. The van der Waals surface area contributed by atoms with Gasteiger partial charge in [-0.25, -0.2) is 4.98 Å². The molecule has 0 fully saturated rings. The minimum Gasteiger partial charge on any atom is -0.481 e. The zero-order valence-corrected chi connectivity index (χ0v) is 14.5. The number of ether oxygens (including phenoxy) is 1. The SMILES string of the molecule is Cc1nc(-c2ccc3c(c2)N(CCC(=O)O)C(=O)C(C)O3)c(C)s1. The fraction of sp³-hybridized carbons (Fsp3) is 0.353. The molecule has 2 aromatic rings. The van der Waals surface area contributed by atoms with Crippen LogP contribution in [-0.4, -0.2) is 34.6 Å². The van der Waals surface area contributed by atoms with E-state index in [1.165, 1.54) is 4.90 Å². The number of carbonyl (C=O) groups excluding carboxylic acids is 1. The standard InChI is InChI=1S/C17H18N2O4S/c1-9-17(22)19(7-6-15(20)21)13-8-12(4-5-14(13)23-9)16-10(2)24-11(3)18-16/h4-5,8-9H,6-7H2,1-3H3,(H,20,21). The Hall–Kier alpha value is -2.41. The summed E-state index contributed by atoms with van der Waals surface area (Å²) >= 11 is 1.62. The van der Waals surface area contributed by atoms with Gasteiger partial charge in [0.15, 0.2) is 6.10 Å². The quantitative estimate of drug-likeness (QED) is 0.920. The molecule has 0 aliphatic carbocycles. The molecule has 1 aliphatic rings. The molecule has 2 heterocycles. The molecular weight excluding hydrogens is 328 g/mol. The Bertz CT molecular complexity index is 815. The second kappa shape index (κ2) is 6.24. The summed E-state index contributed by atoms with van der Waals surface area (Å²) in [5.74, 6) is -0.585. The van der Waals surface area contributed by atoms with E-state index in [1.54, 1.807) is 18.3 Å². The maximum atomic E-state index is 12.4. The number of fused-ring (bicyclic) bond motifs is 1. The summed E-state index contributed by atoms with van der Waals surface area (Å²) in [5, 5.41) is 9.91. The first-order chi connectivity index (χ1) is 11.4. The van der Waals surface area contributed by atoms with Crippen molar-refractivity contribution in [3.63, 3.8) is 0 Å². The highest BCUT2D eigenvalue weighted by Gasteiger charge is 2.32. The predicted molar refractivity (Wildman–Crippen MR) is 91.7 cm³/mol. The van der Waals surface area contributed by atoms with Crippen molar-refractivity contribution in [2.75, 3.05) is 11.4 Å². The van der Waals surface area contributed by atoms with Crippen molar-refractivity contribution in [1.82, 2.24) is 4.98 Å². The highest BCUT2D eigenvalue weighted by atomic mass is 32.1. The third-order valence-corrected chi connectivity index (χ3v) is 4.78. The average Bonchev–Trinajstić information content (AvgIpc) is 2.86. The van der Waals surface area contributed by atoms with Crippen LogP contribution in [0.1, 0.15) is 23.2 Å². The van der Waals surface area contributed by atoms with Crippen LogP contribution in [0.2, 0.25) is 0 Å². The molecule has 1 aromatic heterocycles. The topological polar surface area (TPSA) is 79.7 Å². The average molecular weight is 346 g/mol. The number of benzene rings is 1. The minimum atomic E-state index is -0.939. The monoisotopic (exact) mass is 346 g/mol. The van der Waals surface area contributed by atoms with Gasteiger partial charge in [-0.05, 0) is 39.0 Å². The van der Waals surface area contributed by atoms with Gasteiger partial charge in [-0.1, -0.05) is 0 Å². The maximum absolute atomic E-state index is 12.4. The number of thiazole rings is 1. The second-order valence-corrected chi connectivity index (χ2v) is 7.12. The second-order valence-electron chi connectivity index (χ2n) is 5.71. The number of aryl methyl sites for hydroxylation is 2. The van der Waals surface area contributed by atoms with E-state index in [1.807, 2.05) is 32.0 Å². The molecule has 0 bridgehead atoms. The summed E-state index contributed by atoms with van der Waals surface area (Å²) < 4.78 is 5.65. The fourth-order valence-corrected chi connectivity index (χ4v) is 3.63. The molecule has 0 spiro atoms. The smallest absolute Gasteiger partial charge is 0.305 e. The Morgan fingerprint density at radius 3 is 2.79 bits per heavy atom. The minimum absolute atomic E-state index is 0.114. The molecule has 1 aliphatic heterocycles. The predicted octanol–water partition coefficient (Wildman–Crippen LogP) is 3.02. The lowest BCUT2D eigenvalue weighted by atomic mass is 10.1. The lowest BCUT2D eigenvalue weighted by Crippen LogP contribution is -2.45. The first-order valence-electron chi connectivity index (χ1n) is 7.65. The normalized spacial score (nSPS) is 16.7. The van der Waals surface area contributed by atoms with Gasteiger partial charge in [0.05, 0.1) is 22.8 Å². The maximum Gasteiger partial charge on any atom is 0.305 e. The van der Waals surface area contributed by atoms with Crippen LogP contribution in [0.5, 0.6) is 5.75 Å². The van der Waals surface area contributed by atoms with Crippen LogP contribution in [0.3, 0.4) is 0 Å². The van der Waals surface area contributed by atoms with Gasteiger partial charge in [0.2, 0.25) is 0 Å². The molecule has 0 saturated carbocycles. The third kappa shape index (κ3) is 2.99. The molecule has 3 rings (SSSR count). The van der Waals surface area contributed by atoms with Crippen LogP contribution in [0.25, 0.3) is 11.3 Å². The van der Waals surface area contributed by atoms with Gasteiger partial charge < -0.3 is 14.7 Å². The largest absolute Gasteiger partial charge is 0.481 e. The van der Waals surface area contributed by atoms with Crippen molar-refractivity contribution in [2.45, 2.75) is 33.3 Å². The molecule has 1 amide bonds. The molecule has 0 saturated heterocycles. The van der Waals surface area contributed by atoms with Crippen LogP contribution < -0.4 is 9.64 Å². The molecule has 7 heteroatoms. The number of aromatic nitrogens is 1. The van der Waals surface area contributed by atoms with Crippen molar-refractivity contribution in [1.29, 1.82) is 0 Å². The van der Waals surface area contributed by atoms with Gasteiger partial charge in [0.25, 0.3) is 5.91 Å². The van der Waals surface area contributed by atoms with Crippen LogP contribution >= 0.6 is 11.3 Å². The zero-order valence-electron chi connectivity index (χ0n) is 13.7. The molecule has 0 radical (unpaired) electrons. The lowest BCUT2D eigenvalue weighted by molar-refractivity contribution is -0.136. The van der Waals surface area contributed by atoms with Crippen molar-refractivity contribution in [3.05, 3.63) is 28.1 Å². The Kier molecular flexibility index (Phi) is 4.28. The number of carbonyl (C=O) groups is 2. The van der Waals surface area contributed by atoms with Crippen LogP contribution in [0, 0.1) is 13.8 Å². The van der Waals surface area contributed by atoms with E-state index < -0.39 is 12.1 Å². The summed E-state index contributed by atoms with van der Waals surface area (Å²) in [6.45, 7) is 5.74. The van der Waals surface area contributed by atoms with Crippen LogP contribution in [0.4, 0.5) is 5.69 Å². The van der Waals surface area contributed by atoms with Gasteiger partial charge >= 0.3 is 5.97 Å². The van der Waals surface area contributed by atoms with Crippen molar-refractivity contribution >= 4 is 28.9 Å². The van der Waals surface area contributed by atoms with E-state index in [4.69, 9.17) is 9.84 Å². The molecule has 126 valence electrons. The van der Waals surface area contributed by atoms with E-state index >= 15 is 0 Å². The van der Waals surface area contributed by atoms with E-state index in [9.17, 15) is 9.59 Å². The third-order valence-electron chi connectivity index (χ3n) is 3.89. The molecule has 1 aromatic carbocycles. The molecule has 1 unspecified atom stereocenters. The van der Waals surface area contributed by atoms with Crippen molar-refractivity contribution in [2.24, 2.45) is 0 Å². The number of carboxylic acids is 1. The summed E-state index contributed by atoms with van der Waals surface area (Å²) in [5.41, 5.74) is 2.37. The number of anilines is 1. The number of nitrogens with zero attached hydrogens (tertiary/aromatic N) is 2. The van der Waals surface area contributed by atoms with Gasteiger partial charge in [-0.15, -0.1) is 11.3 Å². The van der Waals surface area contributed by atoms with E-state index in [-0.39, 0.29) is 18.9 Å². The molecule has 24 heavy (non-hydrogen) atoms. The zero-order chi connectivity index (χ0) is 17.4. The first kappa shape index (κ1) is 16.4. The molecular formula is C17H18N2O4S. The highest BCUT2D eigenvalue weighted by Crippen LogP contribution is 2.38. The van der Waals surface area contributed by atoms with Crippen LogP contribution in [-0.2, 0) is 9.59 Å². The molecule has 1 N–H and O–H groups in total. The number of hydrogen-bond acceptors (Lipinski definition) is 5. The number of aliphatic carboxylic acids is 1. The number of hydrogen-bond donors (Lipinski definition) is 1. The lowest BCUT2D eigenvalue weighted by Gasteiger charge is -2.33. The fourth-order valence-electron chi connectivity index (χ4n) is 2.79. The van der Waals surface area contributed by atoms with E-state index in [0.717, 1.165) is 21.1 Å². The Morgan fingerprint density at radius 2 is 2.17 bits per heavy atom. The van der Waals surface area contributed by atoms with E-state index in [2.05, 4.69) is 4.98 Å². The highest BCUT2D eigenvalue weighted by molar-refractivity contribution is 7.11. The summed E-state index contributed by atoms with van der Waals surface area (Å²) in [6, 6.07) is 5.58. The number of rotatable bonds is 4. The van der Waals surface area contributed by atoms with Gasteiger partial charge in [0, 0.05) is 17.0 Å². The van der Waals surface area contributed by atoms with Gasteiger partial charge in [0.1, 0.15) is 5.75 Å². The number of amides is 1. The van der Waals surface area contributed by atoms with Gasteiger partial charge in [-0.2, -0.15) is 0 Å². The van der Waals surface area contributed by atoms with Crippen molar-refractivity contribution in [3.8, 4) is 17.0 Å². The Morgan fingerprint density at radius 1 is 1.42 bits per heavy atom. The summed E-state index contributed by atoms with van der Waals surface area (Å²) in [4.78, 5) is 30.5. The molecule has 1 atom stereocenters. The first-order valence-corrected chi connectivity index (χ1v) is 8.46. The summed E-state index contributed by atoms with van der Waals surface area (Å²) in [6.07, 6.45) is -0.739. The molecule has 6 nitrogen and oxygen atoms in total. The van der Waals surface area contributed by atoms with E-state index in [0.29, 0.717) is 11.4 Å². The number of carboxylic acid groups (broad SMARTS) is 1. The Balaban J connectivity index is 2.03. The Labute approximate surface area is 143 Å². The van der Waals surface area contributed by atoms with Gasteiger partial charge in [-0.3, -0.25) is 9.59 Å². The van der Waals surface area contributed by atoms with Crippen LogP contribution in [0.15, 0.2) is 18.2 Å². The van der Waals surface area contributed by atoms with Crippen molar-refractivity contribution < 1.29 is 19.4 Å².